The Morgan fingerprint density at radius 3 is 2.67 bits per heavy atom. The Morgan fingerprint density at radius 2 is 2.04 bits per heavy atom. The van der Waals surface area contributed by atoms with Crippen molar-refractivity contribution >= 4 is 11.9 Å². The lowest BCUT2D eigenvalue weighted by atomic mass is 10.0. The number of hydrogen-bond acceptors (Lipinski definition) is 4. The highest BCUT2D eigenvalue weighted by Crippen LogP contribution is 2.22. The van der Waals surface area contributed by atoms with Gasteiger partial charge in [-0.05, 0) is 44.4 Å². The van der Waals surface area contributed by atoms with Crippen LogP contribution in [0.1, 0.15) is 32.3 Å². The SMILES string of the molecule is CCOc1ccc(CCC(=O)N2CCC(C)(NCC(=O)O)C2)cc1. The molecule has 6 heteroatoms. The van der Waals surface area contributed by atoms with Gasteiger partial charge in [0.1, 0.15) is 5.75 Å². The molecule has 0 spiro atoms. The number of aliphatic carboxylic acids is 1. The molecule has 1 heterocycles. The average molecular weight is 334 g/mol. The largest absolute Gasteiger partial charge is 0.494 e. The number of carbonyl (C=O) groups excluding carboxylic acids is 1. The van der Waals surface area contributed by atoms with Gasteiger partial charge in [-0.1, -0.05) is 12.1 Å². The maximum atomic E-state index is 12.4. The van der Waals surface area contributed by atoms with Crippen LogP contribution in [-0.4, -0.2) is 53.7 Å². The monoisotopic (exact) mass is 334 g/mol. The van der Waals surface area contributed by atoms with Crippen molar-refractivity contribution in [1.29, 1.82) is 0 Å². The number of nitrogens with one attached hydrogen (secondary N) is 1. The van der Waals surface area contributed by atoms with E-state index in [4.69, 9.17) is 9.84 Å². The van der Waals surface area contributed by atoms with E-state index in [2.05, 4.69) is 5.32 Å². The number of nitrogens with zero attached hydrogens (tertiary/aromatic N) is 1. The zero-order chi connectivity index (χ0) is 17.6. The third-order valence-electron chi connectivity index (χ3n) is 4.35. The fourth-order valence-corrected chi connectivity index (χ4v) is 2.94. The summed E-state index contributed by atoms with van der Waals surface area (Å²) in [6, 6.07) is 7.82. The Bertz CT molecular complexity index is 573. The molecule has 1 aliphatic heterocycles. The Morgan fingerprint density at radius 1 is 1.33 bits per heavy atom. The summed E-state index contributed by atoms with van der Waals surface area (Å²) in [7, 11) is 0. The predicted molar refractivity (Wildman–Crippen MR) is 91.2 cm³/mol. The van der Waals surface area contributed by atoms with Gasteiger partial charge in [-0.15, -0.1) is 0 Å². The van der Waals surface area contributed by atoms with E-state index in [-0.39, 0.29) is 18.0 Å². The summed E-state index contributed by atoms with van der Waals surface area (Å²) in [5.41, 5.74) is 0.797. The zero-order valence-electron chi connectivity index (χ0n) is 14.4. The molecule has 1 saturated heterocycles. The number of benzene rings is 1. The third-order valence-corrected chi connectivity index (χ3v) is 4.35. The summed E-state index contributed by atoms with van der Waals surface area (Å²) in [6.07, 6.45) is 1.93. The molecule has 132 valence electrons. The molecular weight excluding hydrogens is 308 g/mol. The maximum absolute atomic E-state index is 12.4. The van der Waals surface area contributed by atoms with Crippen LogP contribution in [0.15, 0.2) is 24.3 Å². The van der Waals surface area contributed by atoms with E-state index in [1.54, 1.807) is 0 Å². The van der Waals surface area contributed by atoms with Gasteiger partial charge < -0.3 is 14.7 Å². The van der Waals surface area contributed by atoms with Crippen LogP contribution >= 0.6 is 0 Å². The van der Waals surface area contributed by atoms with Crippen molar-refractivity contribution in [3.63, 3.8) is 0 Å². The Labute approximate surface area is 142 Å². The zero-order valence-corrected chi connectivity index (χ0v) is 14.4. The highest BCUT2D eigenvalue weighted by Gasteiger charge is 2.35. The fourth-order valence-electron chi connectivity index (χ4n) is 2.94. The smallest absolute Gasteiger partial charge is 0.317 e. The second-order valence-corrected chi connectivity index (χ2v) is 6.45. The second-order valence-electron chi connectivity index (χ2n) is 6.45. The molecule has 1 aliphatic rings. The van der Waals surface area contributed by atoms with Gasteiger partial charge in [-0.2, -0.15) is 0 Å². The van der Waals surface area contributed by atoms with Crippen molar-refractivity contribution in [1.82, 2.24) is 10.2 Å². The minimum absolute atomic E-state index is 0.0787. The standard InChI is InChI=1S/C18H26N2O4/c1-3-24-15-7-4-14(5-8-15)6-9-16(21)20-11-10-18(2,13-20)19-12-17(22)23/h4-5,7-8,19H,3,6,9-13H2,1-2H3,(H,22,23). The van der Waals surface area contributed by atoms with Gasteiger partial charge in [0.15, 0.2) is 0 Å². The lowest BCUT2D eigenvalue weighted by molar-refractivity contribution is -0.136. The lowest BCUT2D eigenvalue weighted by Gasteiger charge is -2.25. The number of rotatable bonds is 8. The molecule has 1 atom stereocenters. The first-order valence-corrected chi connectivity index (χ1v) is 8.38. The third kappa shape index (κ3) is 5.23. The number of carboxylic acids is 1. The van der Waals surface area contributed by atoms with Crippen LogP contribution in [0.25, 0.3) is 0 Å². The van der Waals surface area contributed by atoms with Crippen LogP contribution in [0.5, 0.6) is 5.75 Å². The van der Waals surface area contributed by atoms with E-state index >= 15 is 0 Å². The molecule has 1 fully saturated rings. The van der Waals surface area contributed by atoms with E-state index in [1.165, 1.54) is 0 Å². The van der Waals surface area contributed by atoms with Crippen LogP contribution < -0.4 is 10.1 Å². The molecule has 1 aromatic rings. The Hall–Kier alpha value is -2.08. The van der Waals surface area contributed by atoms with E-state index in [1.807, 2.05) is 43.0 Å². The fraction of sp³-hybridized carbons (Fsp3) is 0.556. The number of hydrogen-bond donors (Lipinski definition) is 2. The van der Waals surface area contributed by atoms with Crippen LogP contribution in [0.2, 0.25) is 0 Å². The van der Waals surface area contributed by atoms with Crippen molar-refractivity contribution in [2.45, 2.75) is 38.6 Å². The molecular formula is C18H26N2O4. The average Bonchev–Trinajstić information content (AvgIpc) is 2.95. The molecule has 0 bridgehead atoms. The molecule has 1 unspecified atom stereocenters. The molecule has 0 aliphatic carbocycles. The molecule has 1 aromatic carbocycles. The second kappa shape index (κ2) is 8.15. The molecule has 1 amide bonds. The highest BCUT2D eigenvalue weighted by atomic mass is 16.5. The van der Waals surface area contributed by atoms with Crippen molar-refractivity contribution in [3.8, 4) is 5.75 Å². The number of likely N-dealkylation sites (tertiary alicyclic amines) is 1. The van der Waals surface area contributed by atoms with Crippen molar-refractivity contribution < 1.29 is 19.4 Å². The van der Waals surface area contributed by atoms with Crippen LogP contribution in [-0.2, 0) is 16.0 Å². The molecule has 24 heavy (non-hydrogen) atoms. The summed E-state index contributed by atoms with van der Waals surface area (Å²) in [5, 5.41) is 11.8. The van der Waals surface area contributed by atoms with Crippen molar-refractivity contribution in [3.05, 3.63) is 29.8 Å². The van der Waals surface area contributed by atoms with Gasteiger partial charge >= 0.3 is 5.97 Å². The van der Waals surface area contributed by atoms with Gasteiger partial charge in [-0.25, -0.2) is 0 Å². The molecule has 2 rings (SSSR count). The number of ether oxygens (including phenoxy) is 1. The lowest BCUT2D eigenvalue weighted by Crippen LogP contribution is -2.47. The first-order valence-electron chi connectivity index (χ1n) is 8.38. The summed E-state index contributed by atoms with van der Waals surface area (Å²) in [5.74, 6) is 0.0774. The maximum Gasteiger partial charge on any atom is 0.317 e. The highest BCUT2D eigenvalue weighted by molar-refractivity contribution is 5.77. The van der Waals surface area contributed by atoms with E-state index < -0.39 is 5.97 Å². The van der Waals surface area contributed by atoms with Crippen LogP contribution in [0, 0.1) is 0 Å². The Balaban J connectivity index is 1.79. The minimum atomic E-state index is -0.878. The van der Waals surface area contributed by atoms with Gasteiger partial charge in [0, 0.05) is 25.0 Å². The molecule has 2 N–H and O–H groups in total. The Kier molecular flexibility index (Phi) is 6.20. The number of amides is 1. The van der Waals surface area contributed by atoms with E-state index in [0.717, 1.165) is 17.7 Å². The summed E-state index contributed by atoms with van der Waals surface area (Å²) in [6.45, 7) is 5.71. The number of carboxylic acid groups (broad SMARTS) is 1. The van der Waals surface area contributed by atoms with Gasteiger partial charge in [0.2, 0.25) is 5.91 Å². The van der Waals surface area contributed by atoms with Crippen LogP contribution in [0.4, 0.5) is 0 Å². The first kappa shape index (κ1) is 18.3. The van der Waals surface area contributed by atoms with Gasteiger partial charge in [0.25, 0.3) is 0 Å². The quantitative estimate of drug-likeness (QED) is 0.756. The van der Waals surface area contributed by atoms with Crippen LogP contribution in [0.3, 0.4) is 0 Å². The summed E-state index contributed by atoms with van der Waals surface area (Å²) >= 11 is 0. The topological polar surface area (TPSA) is 78.9 Å². The predicted octanol–water partition coefficient (Wildman–Crippen LogP) is 1.68. The number of aryl methyl sites for hydroxylation is 1. The van der Waals surface area contributed by atoms with Crippen molar-refractivity contribution in [2.75, 3.05) is 26.2 Å². The normalized spacial score (nSPS) is 20.2. The van der Waals surface area contributed by atoms with Gasteiger partial charge in [0.05, 0.1) is 13.2 Å². The summed E-state index contributed by atoms with van der Waals surface area (Å²) < 4.78 is 5.41. The first-order chi connectivity index (χ1) is 11.4. The minimum Gasteiger partial charge on any atom is -0.494 e. The van der Waals surface area contributed by atoms with Gasteiger partial charge in [-0.3, -0.25) is 14.9 Å². The molecule has 0 aromatic heterocycles. The molecule has 6 nitrogen and oxygen atoms in total. The molecule has 0 saturated carbocycles. The van der Waals surface area contributed by atoms with E-state index in [9.17, 15) is 9.59 Å². The number of carbonyl (C=O) groups is 2. The molecule has 0 radical (unpaired) electrons. The van der Waals surface area contributed by atoms with Crippen molar-refractivity contribution in [2.24, 2.45) is 0 Å². The summed E-state index contributed by atoms with van der Waals surface area (Å²) in [4.78, 5) is 24.9. The van der Waals surface area contributed by atoms with E-state index in [0.29, 0.717) is 32.5 Å².